The molecule has 0 atom stereocenters. The molecule has 1 aromatic rings. The summed E-state index contributed by atoms with van der Waals surface area (Å²) in [5.74, 6) is 0.224. The van der Waals surface area contributed by atoms with Crippen LogP contribution in [0.1, 0.15) is 46.4 Å². The molecule has 2 heteroatoms. The number of carbonyl (C=O) groups is 2. The molecule has 0 radical (unpaired) electrons. The standard InChI is InChI=1S/C14H14O2/c15-13-8-3-1-2-4-9-14(16)12-7-5-6-11(13)10-12/h1-2,5-7,10H,3-4,8-9H2/b2-1-. The van der Waals surface area contributed by atoms with Gasteiger partial charge in [-0.05, 0) is 18.9 Å². The molecule has 2 bridgehead atoms. The molecule has 0 N–H and O–H groups in total. The molecule has 2 nitrogen and oxygen atoms in total. The van der Waals surface area contributed by atoms with Gasteiger partial charge in [-0.15, -0.1) is 0 Å². The highest BCUT2D eigenvalue weighted by molar-refractivity contribution is 6.01. The first-order chi connectivity index (χ1) is 7.77. The van der Waals surface area contributed by atoms with Crippen LogP contribution in [0.3, 0.4) is 0 Å². The van der Waals surface area contributed by atoms with E-state index < -0.39 is 0 Å². The van der Waals surface area contributed by atoms with Crippen molar-refractivity contribution in [2.45, 2.75) is 25.7 Å². The Morgan fingerprint density at radius 1 is 0.812 bits per heavy atom. The number of rotatable bonds is 0. The summed E-state index contributed by atoms with van der Waals surface area (Å²) in [6.07, 6.45) is 6.54. The molecule has 0 aromatic heterocycles. The Balaban J connectivity index is 2.35. The smallest absolute Gasteiger partial charge is 0.163 e. The quantitative estimate of drug-likeness (QED) is 0.621. The van der Waals surface area contributed by atoms with Gasteiger partial charge in [0.1, 0.15) is 0 Å². The fourth-order valence-electron chi connectivity index (χ4n) is 1.82. The first-order valence-corrected chi connectivity index (χ1v) is 5.59. The van der Waals surface area contributed by atoms with Crippen molar-refractivity contribution in [3.05, 3.63) is 47.5 Å². The van der Waals surface area contributed by atoms with Crippen LogP contribution in [0, 0.1) is 0 Å². The van der Waals surface area contributed by atoms with Crippen LogP contribution in [0.2, 0.25) is 0 Å². The Morgan fingerprint density at radius 3 is 1.81 bits per heavy atom. The number of ketones is 2. The van der Waals surface area contributed by atoms with Crippen LogP contribution in [0.15, 0.2) is 36.4 Å². The second kappa shape index (κ2) is 4.88. The third-order valence-electron chi connectivity index (χ3n) is 2.75. The molecule has 0 heterocycles. The maximum atomic E-state index is 11.8. The second-order valence-corrected chi connectivity index (χ2v) is 3.98. The van der Waals surface area contributed by atoms with E-state index in [0.29, 0.717) is 24.0 Å². The van der Waals surface area contributed by atoms with Gasteiger partial charge < -0.3 is 0 Å². The SMILES string of the molecule is O=C1CC/C=C\CCC(=O)c2cccc1c2. The van der Waals surface area contributed by atoms with Gasteiger partial charge >= 0.3 is 0 Å². The first kappa shape index (κ1) is 10.8. The highest BCUT2D eigenvalue weighted by Gasteiger charge is 2.10. The van der Waals surface area contributed by atoms with Crippen molar-refractivity contribution in [1.29, 1.82) is 0 Å². The van der Waals surface area contributed by atoms with Gasteiger partial charge in [0.15, 0.2) is 11.6 Å². The number of benzene rings is 1. The van der Waals surface area contributed by atoms with Crippen molar-refractivity contribution >= 4 is 11.6 Å². The van der Waals surface area contributed by atoms with Crippen LogP contribution < -0.4 is 0 Å². The van der Waals surface area contributed by atoms with Gasteiger partial charge in [-0.25, -0.2) is 0 Å². The number of fused-ring (bicyclic) bond motifs is 2. The van der Waals surface area contributed by atoms with Crippen LogP contribution >= 0.6 is 0 Å². The van der Waals surface area contributed by atoms with Crippen molar-refractivity contribution in [2.75, 3.05) is 0 Å². The van der Waals surface area contributed by atoms with Gasteiger partial charge in [0.05, 0.1) is 0 Å². The van der Waals surface area contributed by atoms with Crippen molar-refractivity contribution in [1.82, 2.24) is 0 Å². The average molecular weight is 214 g/mol. The summed E-state index contributed by atoms with van der Waals surface area (Å²) in [5, 5.41) is 0. The Morgan fingerprint density at radius 2 is 1.31 bits per heavy atom. The molecule has 1 aromatic carbocycles. The third-order valence-corrected chi connectivity index (χ3v) is 2.75. The molecule has 2 rings (SSSR count). The molecule has 82 valence electrons. The molecule has 0 fully saturated rings. The van der Waals surface area contributed by atoms with E-state index in [4.69, 9.17) is 0 Å². The summed E-state index contributed by atoms with van der Waals surface area (Å²) in [7, 11) is 0. The number of hydrogen-bond acceptors (Lipinski definition) is 2. The minimum absolute atomic E-state index is 0.112. The van der Waals surface area contributed by atoms with Gasteiger partial charge in [0.2, 0.25) is 0 Å². The van der Waals surface area contributed by atoms with Gasteiger partial charge in [-0.1, -0.05) is 30.4 Å². The second-order valence-electron chi connectivity index (χ2n) is 3.98. The maximum absolute atomic E-state index is 11.8. The molecule has 16 heavy (non-hydrogen) atoms. The number of Topliss-reactive ketones (excluding diaryl/α,β-unsaturated/α-hetero) is 2. The van der Waals surface area contributed by atoms with Crippen LogP contribution in [-0.2, 0) is 0 Å². The molecule has 0 spiro atoms. The van der Waals surface area contributed by atoms with Gasteiger partial charge in [-0.3, -0.25) is 9.59 Å². The predicted molar refractivity (Wildman–Crippen MR) is 62.7 cm³/mol. The fraction of sp³-hybridized carbons (Fsp3) is 0.286. The van der Waals surface area contributed by atoms with E-state index >= 15 is 0 Å². The van der Waals surface area contributed by atoms with Crippen LogP contribution in [0.5, 0.6) is 0 Å². The molecule has 0 unspecified atom stereocenters. The molecular formula is C14H14O2. The van der Waals surface area contributed by atoms with Gasteiger partial charge in [0.25, 0.3) is 0 Å². The Labute approximate surface area is 95.0 Å². The van der Waals surface area contributed by atoms with Crippen molar-refractivity contribution in [3.63, 3.8) is 0 Å². The normalized spacial score (nSPS) is 19.0. The largest absolute Gasteiger partial charge is 0.294 e. The lowest BCUT2D eigenvalue weighted by Gasteiger charge is -2.02. The van der Waals surface area contributed by atoms with E-state index in [1.165, 1.54) is 0 Å². The molecule has 0 saturated heterocycles. The summed E-state index contributed by atoms with van der Waals surface area (Å²) in [6, 6.07) is 7.06. The minimum atomic E-state index is 0.112. The van der Waals surface area contributed by atoms with Crippen LogP contribution in [0.25, 0.3) is 0 Å². The molecular weight excluding hydrogens is 200 g/mol. The zero-order valence-corrected chi connectivity index (χ0v) is 9.11. The van der Waals surface area contributed by atoms with Crippen molar-refractivity contribution in [3.8, 4) is 0 Å². The Hall–Kier alpha value is -1.70. The lowest BCUT2D eigenvalue weighted by atomic mass is 10.0. The zero-order valence-electron chi connectivity index (χ0n) is 9.11. The summed E-state index contributed by atoms with van der Waals surface area (Å²) in [4.78, 5) is 23.5. The maximum Gasteiger partial charge on any atom is 0.163 e. The Kier molecular flexibility index (Phi) is 3.30. The summed E-state index contributed by atoms with van der Waals surface area (Å²) in [6.45, 7) is 0. The Bertz CT molecular complexity index is 407. The van der Waals surface area contributed by atoms with E-state index in [9.17, 15) is 9.59 Å². The monoisotopic (exact) mass is 214 g/mol. The molecule has 0 amide bonds. The number of allylic oxidation sites excluding steroid dienone is 2. The highest BCUT2D eigenvalue weighted by atomic mass is 16.1. The molecule has 1 aliphatic carbocycles. The number of hydrogen-bond donors (Lipinski definition) is 0. The highest BCUT2D eigenvalue weighted by Crippen LogP contribution is 2.13. The molecule has 0 aliphatic heterocycles. The topological polar surface area (TPSA) is 34.1 Å². The molecule has 1 aliphatic rings. The van der Waals surface area contributed by atoms with E-state index in [0.717, 1.165) is 12.8 Å². The summed E-state index contributed by atoms with van der Waals surface area (Å²) < 4.78 is 0. The lowest BCUT2D eigenvalue weighted by molar-refractivity contribution is 0.0981. The van der Waals surface area contributed by atoms with Crippen LogP contribution in [-0.4, -0.2) is 11.6 Å². The number of carbonyl (C=O) groups excluding carboxylic acids is 2. The zero-order chi connectivity index (χ0) is 11.4. The average Bonchev–Trinajstić information content (AvgIpc) is 2.33. The first-order valence-electron chi connectivity index (χ1n) is 5.59. The minimum Gasteiger partial charge on any atom is -0.294 e. The van der Waals surface area contributed by atoms with E-state index in [-0.39, 0.29) is 11.6 Å². The van der Waals surface area contributed by atoms with E-state index in [1.54, 1.807) is 24.3 Å². The van der Waals surface area contributed by atoms with E-state index in [2.05, 4.69) is 0 Å². The fourth-order valence-corrected chi connectivity index (χ4v) is 1.82. The van der Waals surface area contributed by atoms with E-state index in [1.807, 2.05) is 12.2 Å². The summed E-state index contributed by atoms with van der Waals surface area (Å²) >= 11 is 0. The van der Waals surface area contributed by atoms with Crippen molar-refractivity contribution < 1.29 is 9.59 Å². The third kappa shape index (κ3) is 2.45. The lowest BCUT2D eigenvalue weighted by Crippen LogP contribution is -2.02. The van der Waals surface area contributed by atoms with Crippen LogP contribution in [0.4, 0.5) is 0 Å². The van der Waals surface area contributed by atoms with Gasteiger partial charge in [0, 0.05) is 24.0 Å². The van der Waals surface area contributed by atoms with Gasteiger partial charge in [-0.2, -0.15) is 0 Å². The molecule has 0 saturated carbocycles. The van der Waals surface area contributed by atoms with Crippen molar-refractivity contribution in [2.24, 2.45) is 0 Å². The predicted octanol–water partition coefficient (Wildman–Crippen LogP) is 3.18. The summed E-state index contributed by atoms with van der Waals surface area (Å²) in [5.41, 5.74) is 1.31.